The number of imidazole rings is 1. The Morgan fingerprint density at radius 2 is 2.18 bits per heavy atom. The van der Waals surface area contributed by atoms with Crippen LogP contribution in [-0.4, -0.2) is 61.1 Å². The third-order valence-corrected chi connectivity index (χ3v) is 5.51. The predicted octanol–water partition coefficient (Wildman–Crippen LogP) is 0.366. The van der Waals surface area contributed by atoms with Gasteiger partial charge < -0.3 is 30.3 Å². The van der Waals surface area contributed by atoms with Crippen LogP contribution in [0.5, 0.6) is 0 Å². The smallest absolute Gasteiger partial charge is 0.456 e. The zero-order valence-electron chi connectivity index (χ0n) is 17.2. The van der Waals surface area contributed by atoms with Crippen LogP contribution in [0.25, 0.3) is 11.2 Å². The van der Waals surface area contributed by atoms with E-state index in [9.17, 15) is 14.2 Å². The van der Waals surface area contributed by atoms with E-state index < -0.39 is 44.4 Å². The molecule has 0 radical (unpaired) electrons. The fourth-order valence-electron chi connectivity index (χ4n) is 3.55. The number of phosphoric ester groups is 1. The highest BCUT2D eigenvalue weighted by atomic mass is 31.2. The maximum absolute atomic E-state index is 12.8. The number of rotatable bonds is 7. The number of aromatic nitrogens is 4. The van der Waals surface area contributed by atoms with Crippen LogP contribution >= 0.6 is 7.82 Å². The van der Waals surface area contributed by atoms with Crippen LogP contribution in [0.2, 0.25) is 0 Å². The predicted molar refractivity (Wildman–Crippen MR) is 114 cm³/mol. The lowest BCUT2D eigenvalue weighted by Crippen LogP contribution is -2.31. The number of esters is 1. The Bertz CT molecular complexity index is 1290. The summed E-state index contributed by atoms with van der Waals surface area (Å²) < 4.78 is 28.7. The molecule has 2 aromatic heterocycles. The van der Waals surface area contributed by atoms with Crippen LogP contribution in [0, 0.1) is 0 Å². The van der Waals surface area contributed by atoms with Gasteiger partial charge in [-0.25, -0.2) is 14.3 Å². The quantitative estimate of drug-likeness (QED) is 0.230. The Hall–Kier alpha value is -3.29. The highest BCUT2D eigenvalue weighted by Gasteiger charge is 2.41. The molecule has 6 N–H and O–H groups in total. The number of para-hydroxylation sites is 1. The molecule has 1 aliphatic rings. The lowest BCUT2D eigenvalue weighted by molar-refractivity contribution is -0.0490. The van der Waals surface area contributed by atoms with Crippen LogP contribution in [0.3, 0.4) is 0 Å². The number of nitrogen functional groups attached to an aromatic ring is 1. The van der Waals surface area contributed by atoms with Crippen molar-refractivity contribution in [3.05, 3.63) is 46.5 Å². The van der Waals surface area contributed by atoms with Crippen LogP contribution in [-0.2, 0) is 18.6 Å². The van der Waals surface area contributed by atoms with Gasteiger partial charge in [0.15, 0.2) is 11.2 Å². The monoisotopic (exact) mass is 480 g/mol. The second kappa shape index (κ2) is 8.92. The van der Waals surface area contributed by atoms with Gasteiger partial charge in [-0.3, -0.25) is 18.9 Å². The first-order valence-corrected chi connectivity index (χ1v) is 11.2. The molecule has 3 heterocycles. The minimum atomic E-state index is -4.81. The third kappa shape index (κ3) is 4.89. The Balaban J connectivity index is 1.61. The van der Waals surface area contributed by atoms with Gasteiger partial charge in [-0.1, -0.05) is 12.1 Å². The summed E-state index contributed by atoms with van der Waals surface area (Å²) in [5.41, 5.74) is 6.07. The number of nitrogens with zero attached hydrogens (tertiary/aromatic N) is 3. The van der Waals surface area contributed by atoms with Gasteiger partial charge in [0.1, 0.15) is 18.4 Å². The number of aromatic amines is 1. The van der Waals surface area contributed by atoms with Crippen LogP contribution in [0.1, 0.15) is 23.0 Å². The molecule has 0 saturated carbocycles. The molecule has 0 unspecified atom stereocenters. The summed E-state index contributed by atoms with van der Waals surface area (Å²) in [6.07, 6.45) is -1.40. The zero-order chi connectivity index (χ0) is 23.8. The SMILES string of the molecule is CNc1ccccc1C(=O)O[C@@H]1C[C@H](n2cnc3c(=O)[nH]c(N)nc32)O[C@@H]1COP(=O)(O)O. The number of fused-ring (bicyclic) bond motifs is 1. The average Bonchev–Trinajstić information content (AvgIpc) is 3.35. The zero-order valence-corrected chi connectivity index (χ0v) is 18.1. The molecule has 14 nitrogen and oxygen atoms in total. The Morgan fingerprint density at radius 1 is 1.42 bits per heavy atom. The summed E-state index contributed by atoms with van der Waals surface area (Å²) in [4.78, 5) is 53.5. The molecule has 1 saturated heterocycles. The van der Waals surface area contributed by atoms with Gasteiger partial charge in [0.05, 0.1) is 18.5 Å². The number of anilines is 2. The van der Waals surface area contributed by atoms with Gasteiger partial charge in [-0.15, -0.1) is 0 Å². The van der Waals surface area contributed by atoms with E-state index in [1.165, 1.54) is 10.9 Å². The molecule has 1 aromatic carbocycles. The molecule has 4 rings (SSSR count). The van der Waals surface area contributed by atoms with Crippen molar-refractivity contribution in [2.75, 3.05) is 24.7 Å². The lowest BCUT2D eigenvalue weighted by Gasteiger charge is -2.19. The molecule has 0 amide bonds. The van der Waals surface area contributed by atoms with Crippen LogP contribution in [0.4, 0.5) is 11.6 Å². The standard InChI is InChI=1S/C18H21N6O8P/c1-20-10-5-3-2-4-9(10)17(26)32-11-6-13(31-12(11)7-30-33(27,28)29)24-8-21-14-15(24)22-18(19)23-16(14)25/h2-5,8,11-13,20H,6-7H2,1H3,(H2,27,28,29)(H3,19,22,23,25)/t11-,12-,13-/m1/s1. The van der Waals surface area contributed by atoms with Crippen LogP contribution < -0.4 is 16.6 Å². The van der Waals surface area contributed by atoms with Gasteiger partial charge in [0.2, 0.25) is 5.95 Å². The molecule has 0 aliphatic carbocycles. The van der Waals surface area contributed by atoms with E-state index >= 15 is 0 Å². The van der Waals surface area contributed by atoms with E-state index in [2.05, 4.69) is 24.8 Å². The molecular formula is C18H21N6O8P. The van der Waals surface area contributed by atoms with Crippen molar-refractivity contribution in [1.82, 2.24) is 19.5 Å². The van der Waals surface area contributed by atoms with Gasteiger partial charge in [0, 0.05) is 19.2 Å². The molecule has 15 heteroatoms. The maximum Gasteiger partial charge on any atom is 0.469 e. The van der Waals surface area contributed by atoms with Gasteiger partial charge >= 0.3 is 13.8 Å². The van der Waals surface area contributed by atoms with Gasteiger partial charge in [-0.2, -0.15) is 4.98 Å². The summed E-state index contributed by atoms with van der Waals surface area (Å²) in [7, 11) is -3.15. The molecule has 3 atom stereocenters. The Morgan fingerprint density at radius 3 is 2.91 bits per heavy atom. The molecule has 0 spiro atoms. The van der Waals surface area contributed by atoms with Crippen molar-refractivity contribution in [3.8, 4) is 0 Å². The summed E-state index contributed by atoms with van der Waals surface area (Å²) in [5, 5.41) is 2.89. The van der Waals surface area contributed by atoms with Gasteiger partial charge in [-0.05, 0) is 12.1 Å². The second-order valence-corrected chi connectivity index (χ2v) is 8.41. The molecule has 1 fully saturated rings. The topological polar surface area (TPSA) is 204 Å². The van der Waals surface area contributed by atoms with E-state index in [4.69, 9.17) is 25.0 Å². The maximum atomic E-state index is 12.8. The Kier molecular flexibility index (Phi) is 6.19. The fourth-order valence-corrected chi connectivity index (χ4v) is 3.89. The number of hydrogen-bond acceptors (Lipinski definition) is 10. The number of nitrogens with one attached hydrogen (secondary N) is 2. The van der Waals surface area contributed by atoms with Crippen molar-refractivity contribution in [3.63, 3.8) is 0 Å². The van der Waals surface area contributed by atoms with E-state index in [1.54, 1.807) is 31.3 Å². The van der Waals surface area contributed by atoms with E-state index in [1.807, 2.05) is 0 Å². The number of H-pyrrole nitrogens is 1. The largest absolute Gasteiger partial charge is 0.469 e. The van der Waals surface area contributed by atoms with Crippen molar-refractivity contribution in [2.45, 2.75) is 24.9 Å². The number of nitrogens with two attached hydrogens (primary N) is 1. The number of benzene rings is 1. The first-order valence-electron chi connectivity index (χ1n) is 9.72. The summed E-state index contributed by atoms with van der Waals surface area (Å²) in [6.45, 7) is -0.546. The number of ether oxygens (including phenoxy) is 2. The molecule has 33 heavy (non-hydrogen) atoms. The number of phosphoric acid groups is 1. The molecule has 1 aliphatic heterocycles. The van der Waals surface area contributed by atoms with Crippen molar-refractivity contribution in [2.24, 2.45) is 0 Å². The third-order valence-electron chi connectivity index (χ3n) is 5.02. The summed E-state index contributed by atoms with van der Waals surface area (Å²) in [6, 6.07) is 6.69. The van der Waals surface area contributed by atoms with Crippen molar-refractivity contribution >= 4 is 36.6 Å². The average molecular weight is 480 g/mol. The Labute approximate surface area is 185 Å². The van der Waals surface area contributed by atoms with Crippen molar-refractivity contribution in [1.29, 1.82) is 0 Å². The molecule has 0 bridgehead atoms. The van der Waals surface area contributed by atoms with Gasteiger partial charge in [0.25, 0.3) is 5.56 Å². The number of carbonyl (C=O) groups excluding carboxylic acids is 1. The first-order chi connectivity index (χ1) is 15.7. The van der Waals surface area contributed by atoms with E-state index in [0.717, 1.165) is 0 Å². The number of carbonyl (C=O) groups is 1. The van der Waals surface area contributed by atoms with Crippen molar-refractivity contribution < 1.29 is 33.1 Å². The fraction of sp³-hybridized carbons (Fsp3) is 0.333. The van der Waals surface area contributed by atoms with E-state index in [0.29, 0.717) is 5.69 Å². The molecule has 3 aromatic rings. The first kappa shape index (κ1) is 22.9. The second-order valence-electron chi connectivity index (χ2n) is 7.17. The number of hydrogen-bond donors (Lipinski definition) is 5. The van der Waals surface area contributed by atoms with E-state index in [-0.39, 0.29) is 29.1 Å². The summed E-state index contributed by atoms with van der Waals surface area (Å²) in [5.74, 6) is -0.787. The molecular weight excluding hydrogens is 459 g/mol. The molecule has 176 valence electrons. The normalized spacial score (nSPS) is 20.8. The lowest BCUT2D eigenvalue weighted by atomic mass is 10.1. The minimum absolute atomic E-state index is 0.0270. The van der Waals surface area contributed by atoms with Crippen LogP contribution in [0.15, 0.2) is 35.4 Å². The minimum Gasteiger partial charge on any atom is -0.456 e. The highest BCUT2D eigenvalue weighted by molar-refractivity contribution is 7.46. The highest BCUT2D eigenvalue weighted by Crippen LogP contribution is 2.39. The summed E-state index contributed by atoms with van der Waals surface area (Å²) >= 11 is 0.